The number of rotatable bonds is 44. The molecule has 0 aromatic carbocycles. The van der Waals surface area contributed by atoms with Gasteiger partial charge in [0, 0.05) is 95.9 Å². The number of aldehydes is 1. The normalized spacial score (nSPS) is 15.2. The molecule has 25 nitrogen and oxygen atoms in total. The summed E-state index contributed by atoms with van der Waals surface area (Å²) >= 11 is 0. The fraction of sp³-hybridized carbons (Fsp3) is 0.781. The van der Waals surface area contributed by atoms with Gasteiger partial charge in [-0.3, -0.25) is 14.4 Å². The number of H-pyrrole nitrogens is 2. The molecule has 0 atom stereocenters. The quantitative estimate of drug-likeness (QED) is 0.00968. The molecule has 0 bridgehead atoms. The number of hydrogen-bond acceptors (Lipinski definition) is 21. The molecule has 0 spiro atoms. The Morgan fingerprint density at radius 2 is 0.592 bits per heavy atom. The van der Waals surface area contributed by atoms with E-state index < -0.39 is 17.8 Å². The van der Waals surface area contributed by atoms with Crippen molar-refractivity contribution in [3.8, 4) is 0 Å². The van der Waals surface area contributed by atoms with Gasteiger partial charge in [0.15, 0.2) is 0 Å². The molecule has 8 aliphatic carbocycles. The molecule has 125 heavy (non-hydrogen) atoms. The van der Waals surface area contributed by atoms with Crippen LogP contribution in [0.3, 0.4) is 0 Å². The van der Waals surface area contributed by atoms with Crippen LogP contribution >= 0.6 is 0 Å². The molecular weight excluding hydrogens is 1750 g/mol. The minimum atomic E-state index is -0.622. The third-order valence-corrected chi connectivity index (χ3v) is 19.9. The van der Waals surface area contributed by atoms with E-state index in [1.807, 2.05) is 18.5 Å². The van der Waals surface area contributed by atoms with Gasteiger partial charge in [-0.25, -0.2) is 4.79 Å². The molecule has 11 rings (SSSR count). The number of aromatic nitrogens is 2. The molecule has 1 saturated heterocycles. The summed E-state index contributed by atoms with van der Waals surface area (Å²) in [6.45, 7) is 19.4. The van der Waals surface area contributed by atoms with Crippen molar-refractivity contribution in [3.63, 3.8) is 0 Å². The maximum Gasteiger partial charge on any atom is 2.00 e. The second kappa shape index (κ2) is 124. The summed E-state index contributed by atoms with van der Waals surface area (Å²) in [5, 5.41) is 13.7. The molecular formula is C96H199Fe4N11O14. The predicted molar refractivity (Wildman–Crippen MR) is 515 cm³/mol. The van der Waals surface area contributed by atoms with E-state index in [9.17, 15) is 24.0 Å². The number of hydrogen-bond donors (Lipinski definition) is 10. The first-order valence-corrected chi connectivity index (χ1v) is 43.3. The number of nitrogens with zero attached hydrogens (tertiary/aromatic N) is 1. The summed E-state index contributed by atoms with van der Waals surface area (Å²) < 4.78 is 42.3. The van der Waals surface area contributed by atoms with Crippen LogP contribution in [0, 0.1) is 83.1 Å². The van der Waals surface area contributed by atoms with Crippen molar-refractivity contribution < 1.29 is 135 Å². The van der Waals surface area contributed by atoms with E-state index in [0.29, 0.717) is 136 Å². The molecule has 3 heterocycles. The number of nitrogens with two attached hydrogens (primary N) is 4. The van der Waals surface area contributed by atoms with Crippen molar-refractivity contribution in [2.75, 3.05) is 178 Å². The minimum Gasteiger partial charge on any atom is -0.378 e. The minimum absolute atomic E-state index is 0. The van der Waals surface area contributed by atoms with Crippen molar-refractivity contribution in [3.05, 3.63) is 107 Å². The fourth-order valence-corrected chi connectivity index (χ4v) is 13.7. The van der Waals surface area contributed by atoms with Crippen molar-refractivity contribution in [1.29, 1.82) is 0 Å². The number of carbonyl (C=O) groups is 5. The van der Waals surface area contributed by atoms with Gasteiger partial charge in [-0.1, -0.05) is 209 Å². The Kier molecular flexibility index (Phi) is 155. The standard InChI is InChI=1S/C18H31N3O3.2C12H26N2O2.C10H10N2O4.C6H16N2O2.C6H10O.4C5H10.4CH4.8CH3.4Fe/c22-18(13-17-5-6-19-15-17)21-8-10-24-12-11-23-9-7-20-14-16-3-1-2-4-16;2*13-5-7-15-9-10-16-8-6-14-11-12-3-1-2-4-12;13-8-1-2-9(14)12(8)16-10(15)5-7-3-4-11-6-7;7-1-3-9-5-6-10-4-2-8;7-5-6-3-1-2-4-6;4*1-2-4-5-3-1;;;;;;;;;;;;;;;;/h5-6,15-16,19-20H,1-4,7-14H2,(H,21,22);2*12,14H,1-11,13H2;3-4,6,11H,1-2,5H2;1-8H2;5-6H,1-4H2;4*1-5H2;4*1H4;8*1H3;;;;/q;;;;;;;;;;;;;;8*-1;4*+2. The zero-order valence-corrected chi connectivity index (χ0v) is 82.0. The number of imide groups is 1. The van der Waals surface area contributed by atoms with Crippen LogP contribution in [0.4, 0.5) is 0 Å². The number of nitrogens with one attached hydrogen (secondary N) is 6. The van der Waals surface area contributed by atoms with Crippen LogP contribution in [0.5, 0.6) is 0 Å². The second-order valence-corrected chi connectivity index (χ2v) is 29.6. The van der Waals surface area contributed by atoms with Crippen LogP contribution in [0.25, 0.3) is 0 Å². The summed E-state index contributed by atoms with van der Waals surface area (Å²) in [5.74, 6) is 1.58. The van der Waals surface area contributed by atoms with E-state index in [0.717, 1.165) is 107 Å². The molecule has 14 N–H and O–H groups in total. The van der Waals surface area contributed by atoms with Gasteiger partial charge in [-0.05, 0) is 112 Å². The number of aromatic amines is 2. The Balaban J connectivity index is -0.0000000847. The summed E-state index contributed by atoms with van der Waals surface area (Å²) in [6, 6.07) is 3.62. The van der Waals surface area contributed by atoms with Crippen molar-refractivity contribution >= 4 is 30.0 Å². The van der Waals surface area contributed by atoms with Crippen molar-refractivity contribution in [2.24, 2.45) is 46.6 Å². The third kappa shape index (κ3) is 104. The third-order valence-electron chi connectivity index (χ3n) is 19.9. The summed E-state index contributed by atoms with van der Waals surface area (Å²) in [5.41, 5.74) is 22.7. The van der Waals surface area contributed by atoms with Crippen LogP contribution in [0.1, 0.15) is 285 Å². The first-order chi connectivity index (χ1) is 53.7. The van der Waals surface area contributed by atoms with Crippen LogP contribution < -0.4 is 44.2 Å². The molecule has 9 aliphatic rings. The molecule has 29 heteroatoms. The van der Waals surface area contributed by atoms with Gasteiger partial charge in [0.05, 0.1) is 119 Å². The van der Waals surface area contributed by atoms with E-state index in [1.54, 1.807) is 18.5 Å². The molecule has 754 valence electrons. The Labute approximate surface area is 814 Å². The maximum atomic E-state index is 11.6. The Morgan fingerprint density at radius 1 is 0.352 bits per heavy atom. The topological polar surface area (TPSA) is 355 Å². The first-order valence-electron chi connectivity index (χ1n) is 43.3. The second-order valence-electron chi connectivity index (χ2n) is 29.6. The summed E-state index contributed by atoms with van der Waals surface area (Å²) in [4.78, 5) is 65.7. The summed E-state index contributed by atoms with van der Waals surface area (Å²) in [6.07, 6.45) is 60.4. The van der Waals surface area contributed by atoms with Crippen LogP contribution in [-0.2, 0) is 148 Å². The van der Waals surface area contributed by atoms with E-state index in [1.165, 1.54) is 218 Å². The molecule has 2 aromatic rings. The average molecular weight is 1960 g/mol. The zero-order chi connectivity index (χ0) is 78.3. The number of amides is 3. The maximum absolute atomic E-state index is 11.6. The van der Waals surface area contributed by atoms with E-state index in [2.05, 4.69) is 31.2 Å². The molecule has 0 unspecified atom stereocenters. The monoisotopic (exact) mass is 1950 g/mol. The van der Waals surface area contributed by atoms with Gasteiger partial charge in [-0.2, -0.15) is 0 Å². The van der Waals surface area contributed by atoms with Gasteiger partial charge < -0.3 is 161 Å². The van der Waals surface area contributed by atoms with E-state index in [4.69, 9.17) is 65.7 Å². The molecule has 8 saturated carbocycles. The molecule has 0 radical (unpaired) electrons. The largest absolute Gasteiger partial charge is 2.00 e. The SMILES string of the molecule is C.C.C.C.C1CCCC1.C1CCCC1.C1CCCC1.C1CCCC1.NCCOCCOCCN.NCCOCCOCCNCC1CCCC1.NCCOCCOCCNCC1CCCC1.O=C(Cc1cc[nH]c1)NCCOCCOCCNCC1CCCC1.O=C(Cc1cc[nH]c1)ON1C(=O)CCC1=O.O=CC1CCCC1.[CH3-].[CH3-].[CH3-].[CH3-].[CH3-].[CH3-].[CH3-].[CH3-].[Fe+2].[Fe+2].[Fe+2].[Fe+2]. The predicted octanol–water partition coefficient (Wildman–Crippen LogP) is 17.4. The molecule has 2 aromatic heterocycles. The van der Waals surface area contributed by atoms with Gasteiger partial charge in [0.1, 0.15) is 6.29 Å². The summed E-state index contributed by atoms with van der Waals surface area (Å²) in [7, 11) is 0. The zero-order valence-electron chi connectivity index (χ0n) is 77.6. The Bertz CT molecular complexity index is 2140. The number of carbonyl (C=O) groups excluding carboxylic acids is 5. The smallest absolute Gasteiger partial charge is 0.378 e. The molecule has 9 fully saturated rings. The van der Waals surface area contributed by atoms with Gasteiger partial charge in [-0.15, -0.1) is 5.06 Å². The Morgan fingerprint density at radius 3 is 0.824 bits per heavy atom. The van der Waals surface area contributed by atoms with Crippen molar-refractivity contribution in [2.45, 2.75) is 287 Å². The van der Waals surface area contributed by atoms with E-state index >= 15 is 0 Å². The van der Waals surface area contributed by atoms with Crippen LogP contribution in [-0.4, -0.2) is 223 Å². The molecule has 1 aliphatic heterocycles. The van der Waals surface area contributed by atoms with Gasteiger partial charge in [0.2, 0.25) is 5.91 Å². The van der Waals surface area contributed by atoms with Gasteiger partial charge >= 0.3 is 74.2 Å². The fourth-order valence-electron chi connectivity index (χ4n) is 13.7. The van der Waals surface area contributed by atoms with Crippen LogP contribution in [0.15, 0.2) is 36.9 Å². The average Bonchev–Trinajstić information content (AvgIpc) is 1.73. The Hall–Kier alpha value is -2.21. The van der Waals surface area contributed by atoms with E-state index in [-0.39, 0.29) is 183 Å². The number of hydroxylamine groups is 2. The van der Waals surface area contributed by atoms with Crippen LogP contribution in [0.2, 0.25) is 0 Å². The van der Waals surface area contributed by atoms with Crippen molar-refractivity contribution in [1.82, 2.24) is 36.3 Å². The molecule has 3 amide bonds. The number of ether oxygens (including phenoxy) is 8. The van der Waals surface area contributed by atoms with Gasteiger partial charge in [0.25, 0.3) is 11.8 Å². The first kappa shape index (κ1) is 157.